The fourth-order valence-corrected chi connectivity index (χ4v) is 18.1. The molecule has 0 aliphatic carbocycles. The number of hydrogen-bond acceptors (Lipinski definition) is 5. The summed E-state index contributed by atoms with van der Waals surface area (Å²) in [6.07, 6.45) is 1.75. The highest BCUT2D eigenvalue weighted by Gasteiger charge is 2.55. The molecule has 0 bridgehead atoms. The molecule has 6 heteroatoms. The number of nitrogens with zero attached hydrogens (tertiary/aromatic N) is 2. The van der Waals surface area contributed by atoms with E-state index in [0.717, 1.165) is 67.5 Å². The van der Waals surface area contributed by atoms with Crippen molar-refractivity contribution in [3.05, 3.63) is 265 Å². The van der Waals surface area contributed by atoms with E-state index in [1.807, 2.05) is 30.3 Å². The van der Waals surface area contributed by atoms with Crippen molar-refractivity contribution in [3.63, 3.8) is 0 Å². The summed E-state index contributed by atoms with van der Waals surface area (Å²) in [6, 6.07) is 83.6. The summed E-state index contributed by atoms with van der Waals surface area (Å²) in [7, 11) is -3.03. The third kappa shape index (κ3) is 9.68. The molecule has 0 saturated carbocycles. The quantitative estimate of drug-likeness (QED) is 0.126. The Hall–Kier alpha value is -9.23. The van der Waals surface area contributed by atoms with E-state index < -0.39 is 14.9 Å². The number of fused-ring (bicyclic) bond motifs is 5. The number of nitrogens with one attached hydrogen (secondary N) is 2. The lowest BCUT2D eigenvalue weighted by Crippen LogP contribution is -2.75. The van der Waals surface area contributed by atoms with E-state index in [-0.39, 0.29) is 21.8 Å². The summed E-state index contributed by atoms with van der Waals surface area (Å²) in [5, 5.41) is 12.8. The molecule has 5 nitrogen and oxygen atoms in total. The van der Waals surface area contributed by atoms with Gasteiger partial charge in [0.2, 0.25) is 0 Å². The van der Waals surface area contributed by atoms with Gasteiger partial charge in [0.1, 0.15) is 17.3 Å². The summed E-state index contributed by atoms with van der Waals surface area (Å²) in [6.45, 7) is 17.8. The molecule has 2 aliphatic rings. The largest absolute Gasteiger partial charge is 0.457 e. The summed E-state index contributed by atoms with van der Waals surface area (Å²) >= 11 is 0. The number of rotatable bonds is 11. The van der Waals surface area contributed by atoms with Gasteiger partial charge >= 0.3 is 0 Å². The molecular weight excluding hydrogens is 1040 g/mol. The predicted octanol–water partition coefficient (Wildman–Crippen LogP) is 18.7. The van der Waals surface area contributed by atoms with Crippen molar-refractivity contribution < 1.29 is 8.85 Å². The van der Waals surface area contributed by atoms with Crippen molar-refractivity contribution in [2.45, 2.75) is 85.4 Å². The monoisotopic (exact) mass is 1110 g/mol. The van der Waals surface area contributed by atoms with Gasteiger partial charge < -0.3 is 15.4 Å². The van der Waals surface area contributed by atoms with Gasteiger partial charge in [0.05, 0.1) is 22.7 Å². The Morgan fingerprint density at radius 3 is 1.70 bits per heavy atom. The number of benzene rings is 10. The molecule has 2 N–H and O–H groups in total. The molecule has 0 amide bonds. The van der Waals surface area contributed by atoms with Crippen LogP contribution in [-0.4, -0.2) is 13.1 Å². The van der Waals surface area contributed by atoms with E-state index in [1.165, 1.54) is 43.0 Å². The van der Waals surface area contributed by atoms with Crippen molar-refractivity contribution in [2.24, 2.45) is 0 Å². The zero-order chi connectivity index (χ0) is 60.6. The summed E-state index contributed by atoms with van der Waals surface area (Å²) in [5.74, 6) is 1.80. The summed E-state index contributed by atoms with van der Waals surface area (Å²) in [5.41, 5.74) is 17.5. The number of ether oxygens (including phenoxy) is 1. The Labute approximate surface area is 502 Å². The lowest BCUT2D eigenvalue weighted by Gasteiger charge is -2.43. The van der Waals surface area contributed by atoms with Gasteiger partial charge in [-0.3, -0.25) is 4.90 Å². The molecule has 0 radical (unpaired) electrons. The maximum atomic E-state index is 9.02. The molecule has 0 fully saturated rings. The number of para-hydroxylation sites is 4. The first-order chi connectivity index (χ1) is 41.6. The molecule has 1 aromatic heterocycles. The summed E-state index contributed by atoms with van der Waals surface area (Å²) < 4.78 is 34.2. The Balaban J connectivity index is 0.914. The van der Waals surface area contributed by atoms with E-state index in [2.05, 4.69) is 278 Å². The van der Waals surface area contributed by atoms with Gasteiger partial charge in [-0.1, -0.05) is 244 Å². The molecule has 10 aromatic carbocycles. The highest BCUT2D eigenvalue weighted by molar-refractivity contribution is 7.23. The van der Waals surface area contributed by atoms with Crippen LogP contribution in [0.2, 0.25) is 0 Å². The van der Waals surface area contributed by atoms with E-state index in [0.29, 0.717) is 22.9 Å². The Bertz CT molecular complexity index is 4390. The SMILES string of the molecule is [2H]C([2H])([2H])c1cc(N2c3ccccc3[Si]3(c4ccccc4)c4ccccc4-c4cc(Oc5cccc(Nc6ccccc6Nc6c(-c7ccccc7)cccc6-c6cc(C(C)(C)C)cc(C(C)(C)C)c6)c5)cc2c43)ncc1-c1ccc(C(C)(C)C)cc1. The summed E-state index contributed by atoms with van der Waals surface area (Å²) in [4.78, 5) is 7.42. The van der Waals surface area contributed by atoms with Gasteiger partial charge in [-0.25, -0.2) is 4.98 Å². The average Bonchev–Trinajstić information content (AvgIpc) is 1.56. The van der Waals surface area contributed by atoms with Crippen LogP contribution in [0.15, 0.2) is 243 Å². The van der Waals surface area contributed by atoms with Crippen LogP contribution in [0.3, 0.4) is 0 Å². The minimum absolute atomic E-state index is 0.0570. The van der Waals surface area contributed by atoms with Gasteiger partial charge in [-0.15, -0.1) is 0 Å². The van der Waals surface area contributed by atoms with Crippen LogP contribution >= 0.6 is 0 Å². The lowest BCUT2D eigenvalue weighted by atomic mass is 9.78. The van der Waals surface area contributed by atoms with Gasteiger partial charge in [0.25, 0.3) is 0 Å². The van der Waals surface area contributed by atoms with Crippen molar-refractivity contribution in [1.82, 2.24) is 4.98 Å². The number of pyridine rings is 1. The molecule has 1 unspecified atom stereocenters. The van der Waals surface area contributed by atoms with E-state index >= 15 is 0 Å². The van der Waals surface area contributed by atoms with Gasteiger partial charge in [0.15, 0.2) is 8.07 Å². The predicted molar refractivity (Wildman–Crippen MR) is 358 cm³/mol. The van der Waals surface area contributed by atoms with Gasteiger partial charge in [-0.2, -0.15) is 0 Å². The van der Waals surface area contributed by atoms with Crippen LogP contribution in [0.1, 0.15) is 88.7 Å². The first kappa shape index (κ1) is 50.5. The molecular formula is C78H72N4OSi. The van der Waals surface area contributed by atoms with Crippen LogP contribution in [0, 0.1) is 6.85 Å². The van der Waals surface area contributed by atoms with Crippen LogP contribution in [-0.2, 0) is 16.2 Å². The maximum Gasteiger partial charge on any atom is 0.185 e. The van der Waals surface area contributed by atoms with Gasteiger partial charge in [-0.05, 0) is 136 Å². The second-order valence-corrected chi connectivity index (χ2v) is 29.3. The number of aromatic nitrogens is 1. The molecule has 0 saturated heterocycles. The fourth-order valence-electron chi connectivity index (χ4n) is 12.6. The first-order valence-corrected chi connectivity index (χ1v) is 31.3. The molecule has 414 valence electrons. The highest BCUT2D eigenvalue weighted by atomic mass is 28.3. The standard InChI is InChI=1S/C78H72N4OSi/c1-51-43-73(79-50-66(51)53-39-41-55(42-40-53)76(2,3)4)82-69-36-20-22-38-72(69)84(61-29-15-12-16-30-61)71-37-21-17-31-64(71)65-48-60(49-70(82)75(65)84)83-59-28-23-27-58(47-59)80-67-34-18-19-35-68(67)81-74-62(52-25-13-11-14-26-52)32-24-33-63(74)54-44-56(77(5,6)7)46-57(45-54)78(8,9)10/h11-50,80-81H,1-10H3/i1D3. The Morgan fingerprint density at radius 2 is 1.01 bits per heavy atom. The third-order valence-corrected chi connectivity index (χ3v) is 21.9. The van der Waals surface area contributed by atoms with Crippen LogP contribution in [0.25, 0.3) is 44.5 Å². The average molecular weight is 1110 g/mol. The fraction of sp³-hybridized carbons (Fsp3) is 0.167. The van der Waals surface area contributed by atoms with Gasteiger partial charge in [0, 0.05) is 50.5 Å². The number of aryl methyl sites for hydroxylation is 1. The molecule has 84 heavy (non-hydrogen) atoms. The van der Waals surface area contributed by atoms with Crippen LogP contribution in [0.4, 0.5) is 39.9 Å². The van der Waals surface area contributed by atoms with Crippen molar-refractivity contribution in [2.75, 3.05) is 15.5 Å². The van der Waals surface area contributed by atoms with E-state index in [1.54, 1.807) is 12.3 Å². The zero-order valence-corrected chi connectivity index (χ0v) is 50.4. The Kier molecular flexibility index (Phi) is 12.6. The minimum Gasteiger partial charge on any atom is -0.457 e. The van der Waals surface area contributed by atoms with E-state index in [4.69, 9.17) is 13.8 Å². The number of hydrogen-bond donors (Lipinski definition) is 2. The van der Waals surface area contributed by atoms with Crippen LogP contribution < -0.4 is 41.0 Å². The van der Waals surface area contributed by atoms with Crippen LogP contribution in [0.5, 0.6) is 11.5 Å². The smallest absolute Gasteiger partial charge is 0.185 e. The molecule has 13 rings (SSSR count). The zero-order valence-electron chi connectivity index (χ0n) is 52.4. The third-order valence-electron chi connectivity index (χ3n) is 16.9. The maximum absolute atomic E-state index is 9.02. The number of anilines is 7. The molecule has 3 heterocycles. The van der Waals surface area contributed by atoms with Crippen molar-refractivity contribution in [3.8, 4) is 56.0 Å². The first-order valence-electron chi connectivity index (χ1n) is 30.8. The lowest BCUT2D eigenvalue weighted by molar-refractivity contribution is 0.483. The second kappa shape index (κ2) is 20.9. The molecule has 11 aromatic rings. The molecule has 0 spiro atoms. The van der Waals surface area contributed by atoms with Crippen molar-refractivity contribution in [1.29, 1.82) is 0 Å². The molecule has 1 atom stereocenters. The van der Waals surface area contributed by atoms with E-state index in [9.17, 15) is 0 Å². The normalized spacial score (nSPS) is 15.0. The second-order valence-electron chi connectivity index (χ2n) is 25.6. The topological polar surface area (TPSA) is 49.4 Å². The minimum atomic E-state index is -3.03. The Morgan fingerprint density at radius 1 is 0.429 bits per heavy atom. The molecule has 2 aliphatic heterocycles. The van der Waals surface area contributed by atoms with Crippen molar-refractivity contribution >= 4 is 68.8 Å². The highest BCUT2D eigenvalue weighted by Crippen LogP contribution is 2.48.